The van der Waals surface area contributed by atoms with E-state index in [9.17, 15) is 4.39 Å². The van der Waals surface area contributed by atoms with Crippen molar-refractivity contribution >= 4 is 22.5 Å². The SMILES string of the molecule is Cn1ncc2c(Nc3ccccc3F)ncnc21. The fraction of sp³-hybridized carbons (Fsp3) is 0.0833. The highest BCUT2D eigenvalue weighted by Crippen LogP contribution is 2.23. The van der Waals surface area contributed by atoms with Gasteiger partial charge in [-0.3, -0.25) is 4.68 Å². The fourth-order valence-corrected chi connectivity index (χ4v) is 1.75. The molecular formula is C12H10FN5. The monoisotopic (exact) mass is 243 g/mol. The predicted octanol–water partition coefficient (Wildman–Crippen LogP) is 2.25. The van der Waals surface area contributed by atoms with Gasteiger partial charge in [-0.25, -0.2) is 14.4 Å². The van der Waals surface area contributed by atoms with Crippen molar-refractivity contribution in [2.45, 2.75) is 0 Å². The minimum atomic E-state index is -0.326. The van der Waals surface area contributed by atoms with E-state index in [1.807, 2.05) is 0 Å². The van der Waals surface area contributed by atoms with Gasteiger partial charge in [0.1, 0.15) is 18.0 Å². The number of hydrogen-bond acceptors (Lipinski definition) is 4. The zero-order valence-corrected chi connectivity index (χ0v) is 9.63. The summed E-state index contributed by atoms with van der Waals surface area (Å²) in [6, 6.07) is 6.44. The van der Waals surface area contributed by atoms with Gasteiger partial charge in [-0.2, -0.15) is 5.10 Å². The second kappa shape index (κ2) is 4.06. The molecule has 3 rings (SSSR count). The summed E-state index contributed by atoms with van der Waals surface area (Å²) in [7, 11) is 1.79. The molecule has 18 heavy (non-hydrogen) atoms. The molecule has 90 valence electrons. The Morgan fingerprint density at radius 3 is 2.89 bits per heavy atom. The molecule has 0 bridgehead atoms. The molecule has 0 atom stereocenters. The van der Waals surface area contributed by atoms with Crippen molar-refractivity contribution in [3.05, 3.63) is 42.6 Å². The normalized spacial score (nSPS) is 10.8. The largest absolute Gasteiger partial charge is 0.337 e. The van der Waals surface area contributed by atoms with Gasteiger partial charge in [-0.05, 0) is 12.1 Å². The maximum absolute atomic E-state index is 13.6. The van der Waals surface area contributed by atoms with Crippen LogP contribution < -0.4 is 5.32 Å². The predicted molar refractivity (Wildman–Crippen MR) is 66.0 cm³/mol. The Labute approximate surface area is 102 Å². The molecule has 0 saturated carbocycles. The van der Waals surface area contributed by atoms with Crippen LogP contribution in [0, 0.1) is 5.82 Å². The van der Waals surface area contributed by atoms with Gasteiger partial charge in [0.2, 0.25) is 0 Å². The maximum atomic E-state index is 13.6. The summed E-state index contributed by atoms with van der Waals surface area (Å²) in [5.41, 5.74) is 1.07. The first kappa shape index (κ1) is 10.6. The lowest BCUT2D eigenvalue weighted by Gasteiger charge is -2.06. The Morgan fingerprint density at radius 1 is 1.22 bits per heavy atom. The van der Waals surface area contributed by atoms with Crippen LogP contribution in [0.4, 0.5) is 15.9 Å². The van der Waals surface area contributed by atoms with Crippen molar-refractivity contribution in [1.82, 2.24) is 19.7 Å². The smallest absolute Gasteiger partial charge is 0.163 e. The van der Waals surface area contributed by atoms with Crippen molar-refractivity contribution in [3.8, 4) is 0 Å². The van der Waals surface area contributed by atoms with Crippen LogP contribution in [-0.2, 0) is 7.05 Å². The van der Waals surface area contributed by atoms with Crippen molar-refractivity contribution in [2.24, 2.45) is 7.05 Å². The van der Waals surface area contributed by atoms with Gasteiger partial charge in [0.05, 0.1) is 17.3 Å². The molecule has 5 nitrogen and oxygen atoms in total. The summed E-state index contributed by atoms with van der Waals surface area (Å²) in [6.07, 6.45) is 3.08. The van der Waals surface area contributed by atoms with E-state index in [-0.39, 0.29) is 5.82 Å². The molecule has 0 unspecified atom stereocenters. The number of anilines is 2. The van der Waals surface area contributed by atoms with E-state index in [4.69, 9.17) is 0 Å². The van der Waals surface area contributed by atoms with Gasteiger partial charge in [-0.1, -0.05) is 12.1 Å². The second-order valence-electron chi connectivity index (χ2n) is 3.83. The van der Waals surface area contributed by atoms with Gasteiger partial charge >= 0.3 is 0 Å². The Hall–Kier alpha value is -2.50. The summed E-state index contributed by atoms with van der Waals surface area (Å²) >= 11 is 0. The average Bonchev–Trinajstić information content (AvgIpc) is 2.76. The van der Waals surface area contributed by atoms with E-state index in [1.165, 1.54) is 12.4 Å². The number of para-hydroxylation sites is 1. The summed E-state index contributed by atoms with van der Waals surface area (Å²) < 4.78 is 15.2. The molecule has 0 aliphatic rings. The van der Waals surface area contributed by atoms with Crippen molar-refractivity contribution in [3.63, 3.8) is 0 Å². The van der Waals surface area contributed by atoms with Gasteiger partial charge in [0.25, 0.3) is 0 Å². The van der Waals surface area contributed by atoms with Crippen LogP contribution in [0.5, 0.6) is 0 Å². The lowest BCUT2D eigenvalue weighted by Crippen LogP contribution is -1.98. The molecular weight excluding hydrogens is 233 g/mol. The second-order valence-corrected chi connectivity index (χ2v) is 3.83. The number of halogens is 1. The van der Waals surface area contributed by atoms with Crippen molar-refractivity contribution in [1.29, 1.82) is 0 Å². The highest BCUT2D eigenvalue weighted by molar-refractivity contribution is 5.88. The lowest BCUT2D eigenvalue weighted by molar-refractivity contribution is 0.632. The molecule has 0 saturated heterocycles. The zero-order chi connectivity index (χ0) is 12.5. The average molecular weight is 243 g/mol. The Kier molecular flexibility index (Phi) is 2.40. The molecule has 1 aromatic carbocycles. The molecule has 0 fully saturated rings. The summed E-state index contributed by atoms with van der Waals surface area (Å²) in [5.74, 6) is 0.214. The van der Waals surface area contributed by atoms with E-state index >= 15 is 0 Å². The first-order valence-corrected chi connectivity index (χ1v) is 5.40. The van der Waals surface area contributed by atoms with Crippen LogP contribution >= 0.6 is 0 Å². The lowest BCUT2D eigenvalue weighted by atomic mass is 10.3. The third-order valence-corrected chi connectivity index (χ3v) is 2.66. The van der Waals surface area contributed by atoms with Crippen LogP contribution in [-0.4, -0.2) is 19.7 Å². The number of nitrogens with one attached hydrogen (secondary N) is 1. The summed E-state index contributed by atoms with van der Waals surface area (Å²) in [4.78, 5) is 8.24. The molecule has 0 spiro atoms. The van der Waals surface area contributed by atoms with Crippen LogP contribution in [0.2, 0.25) is 0 Å². The highest BCUT2D eigenvalue weighted by atomic mass is 19.1. The first-order valence-electron chi connectivity index (χ1n) is 5.40. The number of rotatable bonds is 2. The molecule has 3 aromatic rings. The summed E-state index contributed by atoms with van der Waals surface area (Å²) in [6.45, 7) is 0. The number of nitrogens with zero attached hydrogens (tertiary/aromatic N) is 4. The number of aromatic nitrogens is 4. The Bertz CT molecular complexity index is 707. The first-order chi connectivity index (χ1) is 8.75. The standard InChI is InChI=1S/C12H10FN5/c1-18-12-8(6-16-18)11(14-7-15-12)17-10-5-3-2-4-9(10)13/h2-7H,1H3,(H,14,15,17). The van der Waals surface area contributed by atoms with Gasteiger partial charge in [0, 0.05) is 7.05 Å². The fourth-order valence-electron chi connectivity index (χ4n) is 1.75. The molecule has 1 N–H and O–H groups in total. The van der Waals surface area contributed by atoms with Crippen molar-refractivity contribution in [2.75, 3.05) is 5.32 Å². The quantitative estimate of drug-likeness (QED) is 0.750. The Balaban J connectivity index is 2.08. The third-order valence-electron chi connectivity index (χ3n) is 2.66. The highest BCUT2D eigenvalue weighted by Gasteiger charge is 2.09. The Morgan fingerprint density at radius 2 is 2.06 bits per heavy atom. The topological polar surface area (TPSA) is 55.6 Å². The van der Waals surface area contributed by atoms with Crippen molar-refractivity contribution < 1.29 is 4.39 Å². The molecule has 2 aromatic heterocycles. The van der Waals surface area contributed by atoms with E-state index in [1.54, 1.807) is 36.1 Å². The van der Waals surface area contributed by atoms with E-state index in [2.05, 4.69) is 20.4 Å². The number of hydrogen-bond donors (Lipinski definition) is 1. The number of aryl methyl sites for hydroxylation is 1. The van der Waals surface area contributed by atoms with Gasteiger partial charge in [-0.15, -0.1) is 0 Å². The molecule has 0 amide bonds. The minimum absolute atomic E-state index is 0.326. The molecule has 0 radical (unpaired) electrons. The maximum Gasteiger partial charge on any atom is 0.163 e. The van der Waals surface area contributed by atoms with Crippen LogP contribution in [0.15, 0.2) is 36.8 Å². The van der Waals surface area contributed by atoms with E-state index < -0.39 is 0 Å². The molecule has 0 aliphatic carbocycles. The number of fused-ring (bicyclic) bond motifs is 1. The van der Waals surface area contributed by atoms with Crippen LogP contribution in [0.1, 0.15) is 0 Å². The molecule has 0 aliphatic heterocycles. The van der Waals surface area contributed by atoms with E-state index in [0.717, 1.165) is 5.39 Å². The minimum Gasteiger partial charge on any atom is -0.337 e. The molecule has 6 heteroatoms. The number of benzene rings is 1. The van der Waals surface area contributed by atoms with Crippen LogP contribution in [0.3, 0.4) is 0 Å². The molecule has 2 heterocycles. The summed E-state index contributed by atoms with van der Waals surface area (Å²) in [5, 5.41) is 7.80. The third kappa shape index (κ3) is 1.67. The zero-order valence-electron chi connectivity index (χ0n) is 9.63. The van der Waals surface area contributed by atoms with Gasteiger partial charge < -0.3 is 5.32 Å². The van der Waals surface area contributed by atoms with Crippen LogP contribution in [0.25, 0.3) is 11.0 Å². The van der Waals surface area contributed by atoms with E-state index in [0.29, 0.717) is 17.2 Å². The van der Waals surface area contributed by atoms with Gasteiger partial charge in [0.15, 0.2) is 5.65 Å².